The van der Waals surface area contributed by atoms with E-state index in [1.54, 1.807) is 0 Å². The van der Waals surface area contributed by atoms with Gasteiger partial charge in [-0.05, 0) is 42.9 Å². The molecule has 0 saturated heterocycles. The molecule has 3 heteroatoms. The first kappa shape index (κ1) is 17.2. The Morgan fingerprint density at radius 3 is 2.26 bits per heavy atom. The van der Waals surface area contributed by atoms with Crippen molar-refractivity contribution in [3.8, 4) is 0 Å². The SMILES string of the molecule is COC(=O)CCCc1ccc(C(N)Cc2ccc(C)cc2)cc1. The molecule has 3 nitrogen and oxygen atoms in total. The van der Waals surface area contributed by atoms with Crippen molar-refractivity contribution in [1.29, 1.82) is 0 Å². The molecule has 1 unspecified atom stereocenters. The van der Waals surface area contributed by atoms with Crippen LogP contribution < -0.4 is 5.73 Å². The predicted octanol–water partition coefficient (Wildman–Crippen LogP) is 3.73. The van der Waals surface area contributed by atoms with Gasteiger partial charge in [-0.25, -0.2) is 0 Å². The molecule has 0 heterocycles. The second-order valence-electron chi connectivity index (χ2n) is 5.97. The quantitative estimate of drug-likeness (QED) is 0.793. The lowest BCUT2D eigenvalue weighted by Crippen LogP contribution is -2.13. The number of hydrogen-bond acceptors (Lipinski definition) is 3. The molecule has 0 radical (unpaired) electrons. The summed E-state index contributed by atoms with van der Waals surface area (Å²) < 4.78 is 4.65. The van der Waals surface area contributed by atoms with E-state index in [-0.39, 0.29) is 12.0 Å². The van der Waals surface area contributed by atoms with Crippen molar-refractivity contribution in [3.63, 3.8) is 0 Å². The van der Waals surface area contributed by atoms with Crippen LogP contribution >= 0.6 is 0 Å². The zero-order valence-corrected chi connectivity index (χ0v) is 13.9. The molecule has 0 aliphatic heterocycles. The monoisotopic (exact) mass is 311 g/mol. The molecule has 0 aromatic heterocycles. The maximum absolute atomic E-state index is 11.1. The van der Waals surface area contributed by atoms with Gasteiger partial charge in [0.25, 0.3) is 0 Å². The van der Waals surface area contributed by atoms with E-state index < -0.39 is 0 Å². The third-order valence-electron chi connectivity index (χ3n) is 4.06. The highest BCUT2D eigenvalue weighted by atomic mass is 16.5. The minimum Gasteiger partial charge on any atom is -0.469 e. The van der Waals surface area contributed by atoms with Crippen LogP contribution in [-0.2, 0) is 22.4 Å². The summed E-state index contributed by atoms with van der Waals surface area (Å²) in [6.07, 6.45) is 2.98. The second-order valence-corrected chi connectivity index (χ2v) is 5.97. The Morgan fingerprint density at radius 2 is 1.65 bits per heavy atom. The van der Waals surface area contributed by atoms with Gasteiger partial charge in [-0.15, -0.1) is 0 Å². The minimum atomic E-state index is -0.151. The van der Waals surface area contributed by atoms with Gasteiger partial charge < -0.3 is 10.5 Å². The maximum atomic E-state index is 11.1. The number of benzene rings is 2. The van der Waals surface area contributed by atoms with Gasteiger partial charge in [0, 0.05) is 12.5 Å². The smallest absolute Gasteiger partial charge is 0.305 e. The van der Waals surface area contributed by atoms with Gasteiger partial charge in [0.15, 0.2) is 0 Å². The van der Waals surface area contributed by atoms with Crippen LogP contribution in [0.3, 0.4) is 0 Å². The molecule has 23 heavy (non-hydrogen) atoms. The topological polar surface area (TPSA) is 52.3 Å². The molecular formula is C20H25NO2. The number of carbonyl (C=O) groups excluding carboxylic acids is 1. The molecule has 2 N–H and O–H groups in total. The van der Waals surface area contributed by atoms with Crippen LogP contribution in [0.4, 0.5) is 0 Å². The van der Waals surface area contributed by atoms with Crippen molar-refractivity contribution in [1.82, 2.24) is 0 Å². The van der Waals surface area contributed by atoms with Gasteiger partial charge in [0.05, 0.1) is 7.11 Å². The molecule has 0 aliphatic rings. The summed E-state index contributed by atoms with van der Waals surface area (Å²) in [5.74, 6) is -0.151. The van der Waals surface area contributed by atoms with E-state index in [0.717, 1.165) is 24.8 Å². The van der Waals surface area contributed by atoms with Gasteiger partial charge in [-0.3, -0.25) is 4.79 Å². The number of carbonyl (C=O) groups is 1. The van der Waals surface area contributed by atoms with E-state index in [1.165, 1.54) is 23.8 Å². The second kappa shape index (κ2) is 8.49. The summed E-state index contributed by atoms with van der Waals surface area (Å²) in [6, 6.07) is 16.9. The third-order valence-corrected chi connectivity index (χ3v) is 4.06. The van der Waals surface area contributed by atoms with Crippen LogP contribution in [0, 0.1) is 6.92 Å². The number of esters is 1. The fourth-order valence-electron chi connectivity index (χ4n) is 2.57. The average Bonchev–Trinajstić information content (AvgIpc) is 2.57. The maximum Gasteiger partial charge on any atom is 0.305 e. The fourth-order valence-corrected chi connectivity index (χ4v) is 2.57. The van der Waals surface area contributed by atoms with Crippen LogP contribution in [-0.4, -0.2) is 13.1 Å². The molecule has 2 aromatic carbocycles. The summed E-state index contributed by atoms with van der Waals surface area (Å²) in [6.45, 7) is 2.09. The zero-order valence-electron chi connectivity index (χ0n) is 13.9. The summed E-state index contributed by atoms with van der Waals surface area (Å²) in [5.41, 5.74) is 11.2. The lowest BCUT2D eigenvalue weighted by Gasteiger charge is -2.13. The van der Waals surface area contributed by atoms with Crippen molar-refractivity contribution in [3.05, 3.63) is 70.8 Å². The molecule has 0 bridgehead atoms. The molecule has 122 valence electrons. The summed E-state index contributed by atoms with van der Waals surface area (Å²) >= 11 is 0. The Kier molecular flexibility index (Phi) is 6.36. The molecule has 0 saturated carbocycles. The molecule has 1 atom stereocenters. The first-order valence-electron chi connectivity index (χ1n) is 8.05. The molecule has 0 amide bonds. The lowest BCUT2D eigenvalue weighted by molar-refractivity contribution is -0.140. The predicted molar refractivity (Wildman–Crippen MR) is 93.2 cm³/mol. The van der Waals surface area contributed by atoms with E-state index in [9.17, 15) is 4.79 Å². The third kappa shape index (κ3) is 5.53. The molecule has 0 aliphatic carbocycles. The van der Waals surface area contributed by atoms with Crippen molar-refractivity contribution in [2.45, 2.75) is 38.6 Å². The highest BCUT2D eigenvalue weighted by Gasteiger charge is 2.07. The van der Waals surface area contributed by atoms with Crippen LogP contribution in [0.5, 0.6) is 0 Å². The minimum absolute atomic E-state index is 0.00169. The molecule has 0 spiro atoms. The summed E-state index contributed by atoms with van der Waals surface area (Å²) in [5, 5.41) is 0. The van der Waals surface area contributed by atoms with Crippen molar-refractivity contribution in [2.24, 2.45) is 5.73 Å². The van der Waals surface area contributed by atoms with Crippen LogP contribution in [0.2, 0.25) is 0 Å². The first-order valence-corrected chi connectivity index (χ1v) is 8.05. The Labute approximate surface area is 138 Å². The van der Waals surface area contributed by atoms with E-state index in [2.05, 4.69) is 60.2 Å². The largest absolute Gasteiger partial charge is 0.469 e. The number of rotatable bonds is 7. The van der Waals surface area contributed by atoms with Crippen molar-refractivity contribution < 1.29 is 9.53 Å². The number of nitrogens with two attached hydrogens (primary N) is 1. The van der Waals surface area contributed by atoms with Crippen molar-refractivity contribution in [2.75, 3.05) is 7.11 Å². The standard InChI is InChI=1S/C20H25NO2/c1-15-6-8-17(9-7-15)14-19(21)18-12-10-16(11-13-18)4-3-5-20(22)23-2/h6-13,19H,3-5,14,21H2,1-2H3. The average molecular weight is 311 g/mol. The molecule has 2 rings (SSSR count). The Balaban J connectivity index is 1.88. The van der Waals surface area contributed by atoms with E-state index in [4.69, 9.17) is 5.73 Å². The Bertz CT molecular complexity index is 617. The lowest BCUT2D eigenvalue weighted by atomic mass is 9.97. The Morgan fingerprint density at radius 1 is 1.04 bits per heavy atom. The zero-order chi connectivity index (χ0) is 16.7. The highest BCUT2D eigenvalue weighted by molar-refractivity contribution is 5.69. The van der Waals surface area contributed by atoms with Gasteiger partial charge in [0.1, 0.15) is 0 Å². The number of aryl methyl sites for hydroxylation is 2. The number of hydrogen-bond donors (Lipinski definition) is 1. The highest BCUT2D eigenvalue weighted by Crippen LogP contribution is 2.18. The molecule has 2 aromatic rings. The van der Waals surface area contributed by atoms with Crippen LogP contribution in [0.25, 0.3) is 0 Å². The fraction of sp³-hybridized carbons (Fsp3) is 0.350. The van der Waals surface area contributed by atoms with Gasteiger partial charge in [0.2, 0.25) is 0 Å². The summed E-state index contributed by atoms with van der Waals surface area (Å²) in [7, 11) is 1.42. The van der Waals surface area contributed by atoms with Gasteiger partial charge in [-0.2, -0.15) is 0 Å². The Hall–Kier alpha value is -2.13. The molecule has 0 fully saturated rings. The van der Waals surface area contributed by atoms with Gasteiger partial charge >= 0.3 is 5.97 Å². The van der Waals surface area contributed by atoms with E-state index in [1.807, 2.05) is 0 Å². The number of ether oxygens (including phenoxy) is 1. The van der Waals surface area contributed by atoms with Crippen LogP contribution in [0.15, 0.2) is 48.5 Å². The molecular weight excluding hydrogens is 286 g/mol. The van der Waals surface area contributed by atoms with E-state index >= 15 is 0 Å². The normalized spacial score (nSPS) is 12.0. The summed E-state index contributed by atoms with van der Waals surface area (Å²) in [4.78, 5) is 11.1. The van der Waals surface area contributed by atoms with Crippen LogP contribution in [0.1, 0.15) is 41.1 Å². The van der Waals surface area contributed by atoms with E-state index in [0.29, 0.717) is 6.42 Å². The van der Waals surface area contributed by atoms with Gasteiger partial charge in [-0.1, -0.05) is 54.1 Å². The first-order chi connectivity index (χ1) is 11.1. The number of methoxy groups -OCH3 is 1. The van der Waals surface area contributed by atoms with Crippen molar-refractivity contribution >= 4 is 5.97 Å².